The Morgan fingerprint density at radius 2 is 1.12 bits per heavy atom. The van der Waals surface area contributed by atoms with Crippen molar-refractivity contribution in [3.63, 3.8) is 0 Å². The smallest absolute Gasteiger partial charge is 0.232 e. The van der Waals surface area contributed by atoms with Crippen LogP contribution in [0.5, 0.6) is 28.7 Å². The zero-order valence-corrected chi connectivity index (χ0v) is 81.8. The molecule has 12 aromatic rings. The van der Waals surface area contributed by atoms with Crippen LogP contribution in [-0.4, -0.2) is 204 Å². The van der Waals surface area contributed by atoms with E-state index in [9.17, 15) is 49.2 Å². The molecule has 8 heterocycles. The first-order valence-electron chi connectivity index (χ1n) is 45.5. The van der Waals surface area contributed by atoms with Crippen molar-refractivity contribution in [2.24, 2.45) is 5.92 Å². The number of likely N-dealkylation sites (N-methyl/N-ethyl adjacent to an activating group) is 1. The van der Waals surface area contributed by atoms with Gasteiger partial charge in [-0.2, -0.15) is 5.10 Å². The third kappa shape index (κ3) is 28.7. The fraction of sp³-hybridized carbons (Fsp3) is 0.327. The minimum Gasteiger partial charge on any atom is -0.493 e. The van der Waals surface area contributed by atoms with Crippen molar-refractivity contribution in [2.45, 2.75) is 101 Å². The van der Waals surface area contributed by atoms with Crippen molar-refractivity contribution >= 4 is 119 Å². The fourth-order valence-electron chi connectivity index (χ4n) is 15.5. The molecule has 4 fully saturated rings. The molecular weight excluding hydrogens is 1840 g/mol. The van der Waals surface area contributed by atoms with Crippen LogP contribution < -0.4 is 70.5 Å². The maximum atomic E-state index is 14.9. The number of hydrogen-bond donors (Lipinski definition) is 8. The highest BCUT2D eigenvalue weighted by Crippen LogP contribution is 2.44. The number of nitrogens with two attached hydrogens (primary N) is 2. The van der Waals surface area contributed by atoms with Gasteiger partial charge in [0, 0.05) is 202 Å². The third-order valence-electron chi connectivity index (χ3n) is 22.9. The van der Waals surface area contributed by atoms with E-state index in [0.717, 1.165) is 165 Å². The summed E-state index contributed by atoms with van der Waals surface area (Å²) >= 11 is 2.63. The number of sulfonamides is 2. The molecule has 726 valence electrons. The van der Waals surface area contributed by atoms with Crippen LogP contribution in [0.1, 0.15) is 92.7 Å². The van der Waals surface area contributed by atoms with E-state index in [2.05, 4.69) is 126 Å². The van der Waals surface area contributed by atoms with Gasteiger partial charge in [0.2, 0.25) is 20.0 Å². The molecule has 1 aliphatic carbocycles. The van der Waals surface area contributed by atoms with Crippen LogP contribution in [0.2, 0.25) is 0 Å². The summed E-state index contributed by atoms with van der Waals surface area (Å²) in [6.07, 6.45) is 8.52. The normalized spacial score (nSPS) is 13.8. The van der Waals surface area contributed by atoms with Crippen LogP contribution >= 0.6 is 23.5 Å². The second kappa shape index (κ2) is 48.2. The minimum absolute atomic E-state index is 0.00812. The molecule has 0 atom stereocenters. The Morgan fingerprint density at radius 1 is 0.543 bits per heavy atom. The molecule has 37 heteroatoms. The lowest BCUT2D eigenvalue weighted by Crippen LogP contribution is -2.44. The molecule has 3 saturated heterocycles. The van der Waals surface area contributed by atoms with Crippen LogP contribution in [0.25, 0.3) is 44.5 Å². The number of ketones is 4. The largest absolute Gasteiger partial charge is 0.493 e. The average Bonchev–Trinajstić information content (AvgIpc) is 0.892. The molecule has 138 heavy (non-hydrogen) atoms. The maximum absolute atomic E-state index is 14.9. The first-order chi connectivity index (χ1) is 66.4. The molecular formula is C101H115F3N18O12S4. The van der Waals surface area contributed by atoms with Gasteiger partial charge in [0.15, 0.2) is 39.8 Å². The molecule has 5 aromatic heterocycles. The maximum Gasteiger partial charge on any atom is 0.232 e. The molecule has 4 aliphatic rings. The van der Waals surface area contributed by atoms with E-state index in [1.54, 1.807) is 50.5 Å². The number of Topliss-reactive ketones (excluding diaryl/α,β-unsaturated/α-hetero) is 4. The average molecular weight is 1960 g/mol. The summed E-state index contributed by atoms with van der Waals surface area (Å²) in [5, 5.41) is 17.9. The van der Waals surface area contributed by atoms with Crippen molar-refractivity contribution in [3.05, 3.63) is 234 Å². The third-order valence-corrected chi connectivity index (χ3v) is 27.9. The number of aryl methyl sites for hydroxylation is 1. The Balaban J connectivity index is 0.000000155. The number of rotatable bonds is 36. The highest BCUT2D eigenvalue weighted by molar-refractivity contribution is 8.00. The number of ether oxygens (including phenoxy) is 4. The molecule has 0 unspecified atom stereocenters. The lowest BCUT2D eigenvalue weighted by molar-refractivity contribution is -0.119. The number of H-pyrrole nitrogens is 1. The summed E-state index contributed by atoms with van der Waals surface area (Å²) < 4.78 is 120. The molecule has 10 N–H and O–H groups in total. The van der Waals surface area contributed by atoms with Gasteiger partial charge in [-0.15, -0.1) is 11.8 Å². The summed E-state index contributed by atoms with van der Waals surface area (Å²) in [5.74, 6) is 2.45. The number of methoxy groups -OCH3 is 3. The standard InChI is InChI=1S/C26H23F2NO4S.C26H33N5O4S.C25H30FN5O3S.C24H29N7OS/c1-3-25(32)24-14-21(8-9-29-24)33-20-6-5-18(22(27)13-20)12-19(31)10-17-4-7-26(23(28)11-17)34-15-16(2)30;1-4-13-36(32,33)30-23-15-19(16-24(34-2)25(23)35-3)22-14-20(17-29-26(22)27)18-5-7-21(8-6-18)31-11-9-28-10-12-31;1-3-12-35(32,33)30-23-15-18(14-22(26)24(23)34-2)21-13-19(16-29-25(21)27)17-4-6-20(7-5-17)31-10-8-28-9-11-31;1-16-13-22(29-28-16)25-21-15-23(31-11-9-30(2)10-12-31)27-24(26-21)33-19-7-3-17(4-8-19)14-20(32)18-5-6-18/h4-9,11,13-14H,3,10,12,15H2,1-2H3;5-8,14-17,28,30H,4,9-13H2,1-3H3,(H2,27,29);4-7,13-16,28,30H,3,8-12H2,1-2H3,(H2,27,29);3-4,7-8,13,15,18H,5-6,9-12,14H2,1-2H3,(H2,25,26,27,28,29). The molecule has 0 spiro atoms. The lowest BCUT2D eigenvalue weighted by atomic mass is 10.00. The van der Waals surface area contributed by atoms with E-state index in [0.29, 0.717) is 98.3 Å². The zero-order valence-electron chi connectivity index (χ0n) is 78.5. The van der Waals surface area contributed by atoms with Gasteiger partial charge >= 0.3 is 0 Å². The Hall–Kier alpha value is -13.2. The first-order valence-corrected chi connectivity index (χ1v) is 50.6. The first kappa shape index (κ1) is 102. The van der Waals surface area contributed by atoms with Crippen molar-refractivity contribution in [1.29, 1.82) is 0 Å². The van der Waals surface area contributed by atoms with Crippen LogP contribution in [0, 0.1) is 30.3 Å². The second-order valence-corrected chi connectivity index (χ2v) is 39.3. The van der Waals surface area contributed by atoms with E-state index in [1.807, 2.05) is 62.4 Å². The number of nitrogens with zero attached hydrogens (tertiary/aromatic N) is 10. The minimum atomic E-state index is -3.66. The molecule has 0 amide bonds. The summed E-state index contributed by atoms with van der Waals surface area (Å²) in [6, 6.07) is 50.4. The molecule has 0 radical (unpaired) electrons. The Kier molecular flexibility index (Phi) is 35.7. The number of halogens is 3. The number of carbonyl (C=O) groups is 4. The number of aromatic nitrogens is 7. The molecule has 7 aromatic carbocycles. The van der Waals surface area contributed by atoms with Crippen LogP contribution in [-0.2, 0) is 53.7 Å². The van der Waals surface area contributed by atoms with Crippen molar-refractivity contribution in [2.75, 3.05) is 165 Å². The van der Waals surface area contributed by atoms with E-state index in [-0.39, 0.29) is 87.4 Å². The van der Waals surface area contributed by atoms with E-state index < -0.39 is 37.5 Å². The van der Waals surface area contributed by atoms with E-state index >= 15 is 0 Å². The quantitative estimate of drug-likeness (QED) is 0.0103. The number of aromatic amines is 1. The SMILES string of the molecule is CCC(=O)c1cc(Oc2ccc(CC(=O)Cc3ccc(SCC(C)=O)c(F)c3)c(F)c2)ccn1.CCCS(=O)(=O)Nc1cc(-c2cc(-c3ccc(N4CCNCC4)cc3)cnc2N)cc(F)c1OC.CCCS(=O)(=O)Nc1cc(-c2cc(-c3ccc(N4CCNCC4)cc3)cnc2N)cc(OC)c1OC.Cc1cc(Nc2cc(N3CCN(C)CC3)nc(Sc3ccc(CC(=O)C4CC4)cc3)n2)n[nH]1. The molecule has 16 rings (SSSR count). The molecule has 30 nitrogen and oxygen atoms in total. The van der Waals surface area contributed by atoms with Crippen LogP contribution in [0.4, 0.5) is 65.0 Å². The zero-order chi connectivity index (χ0) is 98.2. The van der Waals surface area contributed by atoms with Gasteiger partial charge in [0.05, 0.1) is 50.0 Å². The summed E-state index contributed by atoms with van der Waals surface area (Å²) in [4.78, 5) is 80.5. The molecule has 0 bridgehead atoms. The summed E-state index contributed by atoms with van der Waals surface area (Å²) in [5.41, 5.74) is 23.9. The van der Waals surface area contributed by atoms with Gasteiger partial charge in [-0.05, 0) is 194 Å². The van der Waals surface area contributed by atoms with Crippen molar-refractivity contribution < 1.29 is 68.1 Å². The van der Waals surface area contributed by atoms with Gasteiger partial charge in [0.25, 0.3) is 0 Å². The number of benzene rings is 7. The molecule has 3 aliphatic heterocycles. The predicted octanol–water partition coefficient (Wildman–Crippen LogP) is 16.7. The fourth-order valence-corrected chi connectivity index (χ4v) is 19.2. The Labute approximate surface area is 811 Å². The van der Waals surface area contributed by atoms with Gasteiger partial charge in [-0.25, -0.2) is 49.9 Å². The van der Waals surface area contributed by atoms with E-state index in [1.165, 1.54) is 100 Å². The number of thioether (sulfide) groups is 1. The topological polar surface area (TPSA) is 392 Å². The van der Waals surface area contributed by atoms with Crippen LogP contribution in [0.3, 0.4) is 0 Å². The summed E-state index contributed by atoms with van der Waals surface area (Å²) in [7, 11) is -0.809. The lowest BCUT2D eigenvalue weighted by Gasteiger charge is -2.33. The second-order valence-electron chi connectivity index (χ2n) is 33.6. The predicted molar refractivity (Wildman–Crippen MR) is 540 cm³/mol. The van der Waals surface area contributed by atoms with Gasteiger partial charge in [-0.1, -0.05) is 69.3 Å². The number of nitrogen functional groups attached to an aromatic ring is 2. The number of pyridine rings is 3. The monoisotopic (exact) mass is 1960 g/mol. The highest BCUT2D eigenvalue weighted by atomic mass is 32.2. The number of carbonyl (C=O) groups excluding carboxylic acids is 4. The van der Waals surface area contributed by atoms with Gasteiger partial charge < -0.3 is 66.0 Å². The Morgan fingerprint density at radius 3 is 1.64 bits per heavy atom. The van der Waals surface area contributed by atoms with Crippen molar-refractivity contribution in [3.8, 4) is 73.3 Å². The van der Waals surface area contributed by atoms with Crippen LogP contribution in [0.15, 0.2) is 203 Å². The number of anilines is 9. The van der Waals surface area contributed by atoms with Crippen molar-refractivity contribution in [1.82, 2.24) is 50.7 Å². The number of hydrogen-bond acceptors (Lipinski definition) is 29. The molecule has 1 saturated carbocycles. The van der Waals surface area contributed by atoms with Gasteiger partial charge in [0.1, 0.15) is 69.4 Å². The number of piperazine rings is 3. The number of nitrogens with one attached hydrogen (secondary N) is 6. The summed E-state index contributed by atoms with van der Waals surface area (Å²) in [6.45, 7) is 20.3. The van der Waals surface area contributed by atoms with E-state index in [4.69, 9.17) is 40.4 Å². The highest BCUT2D eigenvalue weighted by Gasteiger charge is 2.30. The van der Waals surface area contributed by atoms with Gasteiger partial charge in [-0.3, -0.25) is 38.7 Å². The Bertz CT molecular complexity index is 6510.